The van der Waals surface area contributed by atoms with E-state index in [1.165, 1.54) is 5.57 Å². The Morgan fingerprint density at radius 3 is 2.82 bits per heavy atom. The van der Waals surface area contributed by atoms with Crippen LogP contribution < -0.4 is 0 Å². The Bertz CT molecular complexity index is 152. The average Bonchev–Trinajstić information content (AvgIpc) is 1.98. The first-order chi connectivity index (χ1) is 5.20. The summed E-state index contributed by atoms with van der Waals surface area (Å²) < 4.78 is 0. The second-order valence-corrected chi connectivity index (χ2v) is 3.31. The van der Waals surface area contributed by atoms with Crippen molar-refractivity contribution < 1.29 is 10.2 Å². The molecule has 2 N–H and O–H groups in total. The fourth-order valence-electron chi connectivity index (χ4n) is 1.36. The van der Waals surface area contributed by atoms with E-state index in [0.29, 0.717) is 6.42 Å². The minimum atomic E-state index is -0.551. The van der Waals surface area contributed by atoms with E-state index in [2.05, 4.69) is 6.92 Å². The Balaban J connectivity index is 2.51. The lowest BCUT2D eigenvalue weighted by Crippen LogP contribution is -2.26. The summed E-state index contributed by atoms with van der Waals surface area (Å²) >= 11 is 0. The monoisotopic (exact) mass is 156 g/mol. The SMILES string of the molecule is C/C1=C/CC(O)C(O)CCC1. The Morgan fingerprint density at radius 2 is 2.09 bits per heavy atom. The molecule has 1 aliphatic carbocycles. The van der Waals surface area contributed by atoms with E-state index < -0.39 is 12.2 Å². The van der Waals surface area contributed by atoms with E-state index in [1.807, 2.05) is 6.08 Å². The van der Waals surface area contributed by atoms with Crippen LogP contribution in [0.5, 0.6) is 0 Å². The van der Waals surface area contributed by atoms with Crippen molar-refractivity contribution in [2.45, 2.75) is 44.8 Å². The van der Waals surface area contributed by atoms with E-state index in [9.17, 15) is 10.2 Å². The van der Waals surface area contributed by atoms with Crippen LogP contribution in [-0.2, 0) is 0 Å². The van der Waals surface area contributed by atoms with Gasteiger partial charge in [0.05, 0.1) is 12.2 Å². The zero-order chi connectivity index (χ0) is 8.27. The van der Waals surface area contributed by atoms with Gasteiger partial charge in [-0.05, 0) is 32.6 Å². The highest BCUT2D eigenvalue weighted by atomic mass is 16.3. The summed E-state index contributed by atoms with van der Waals surface area (Å²) in [6.07, 6.45) is 4.33. The fraction of sp³-hybridized carbons (Fsp3) is 0.778. The summed E-state index contributed by atoms with van der Waals surface area (Å²) in [5.41, 5.74) is 1.33. The van der Waals surface area contributed by atoms with Crippen molar-refractivity contribution in [1.29, 1.82) is 0 Å². The minimum Gasteiger partial charge on any atom is -0.390 e. The Labute approximate surface area is 67.6 Å². The highest BCUT2D eigenvalue weighted by Gasteiger charge is 2.16. The van der Waals surface area contributed by atoms with Crippen molar-refractivity contribution in [2.24, 2.45) is 0 Å². The number of aliphatic hydroxyl groups is 2. The van der Waals surface area contributed by atoms with Crippen molar-refractivity contribution in [1.82, 2.24) is 0 Å². The summed E-state index contributed by atoms with van der Waals surface area (Å²) in [6.45, 7) is 2.07. The van der Waals surface area contributed by atoms with Gasteiger partial charge in [-0.25, -0.2) is 0 Å². The molecule has 2 nitrogen and oxygen atoms in total. The van der Waals surface area contributed by atoms with Crippen molar-refractivity contribution in [3.05, 3.63) is 11.6 Å². The maximum atomic E-state index is 9.31. The number of hydrogen-bond donors (Lipinski definition) is 2. The molecule has 2 atom stereocenters. The Morgan fingerprint density at radius 1 is 1.36 bits per heavy atom. The van der Waals surface area contributed by atoms with Gasteiger partial charge >= 0.3 is 0 Å². The molecule has 2 heteroatoms. The predicted octanol–water partition coefficient (Wildman–Crippen LogP) is 1.23. The standard InChI is InChI=1S/C9H16O2/c1-7-3-2-4-8(10)9(11)6-5-7/h5,8-11H,2-4,6H2,1H3/b7-5-. The van der Waals surface area contributed by atoms with E-state index in [-0.39, 0.29) is 0 Å². The van der Waals surface area contributed by atoms with Crippen molar-refractivity contribution >= 4 is 0 Å². The van der Waals surface area contributed by atoms with Gasteiger partial charge in [0.25, 0.3) is 0 Å². The summed E-state index contributed by atoms with van der Waals surface area (Å²) in [6, 6.07) is 0. The molecule has 0 aromatic carbocycles. The van der Waals surface area contributed by atoms with Gasteiger partial charge in [-0.15, -0.1) is 0 Å². The summed E-state index contributed by atoms with van der Waals surface area (Å²) in [5.74, 6) is 0. The number of allylic oxidation sites excluding steroid dienone is 1. The van der Waals surface area contributed by atoms with Gasteiger partial charge in [-0.2, -0.15) is 0 Å². The molecule has 0 bridgehead atoms. The zero-order valence-corrected chi connectivity index (χ0v) is 6.95. The van der Waals surface area contributed by atoms with E-state index in [1.54, 1.807) is 0 Å². The molecule has 0 spiro atoms. The van der Waals surface area contributed by atoms with E-state index in [4.69, 9.17) is 0 Å². The van der Waals surface area contributed by atoms with E-state index in [0.717, 1.165) is 19.3 Å². The van der Waals surface area contributed by atoms with Crippen LogP contribution in [0, 0.1) is 0 Å². The quantitative estimate of drug-likeness (QED) is 0.518. The maximum Gasteiger partial charge on any atom is 0.0833 e. The maximum absolute atomic E-state index is 9.31. The first-order valence-corrected chi connectivity index (χ1v) is 4.22. The molecule has 0 saturated carbocycles. The van der Waals surface area contributed by atoms with Crippen LogP contribution >= 0.6 is 0 Å². The minimum absolute atomic E-state index is 0.514. The van der Waals surface area contributed by atoms with Gasteiger partial charge in [0.1, 0.15) is 0 Å². The van der Waals surface area contributed by atoms with Crippen molar-refractivity contribution in [3.63, 3.8) is 0 Å². The Hall–Kier alpha value is -0.340. The summed E-state index contributed by atoms with van der Waals surface area (Å²) in [7, 11) is 0. The molecule has 0 radical (unpaired) electrons. The van der Waals surface area contributed by atoms with Crippen LogP contribution in [0.25, 0.3) is 0 Å². The van der Waals surface area contributed by atoms with Crippen LogP contribution in [0.4, 0.5) is 0 Å². The second kappa shape index (κ2) is 3.88. The third-order valence-electron chi connectivity index (χ3n) is 2.22. The van der Waals surface area contributed by atoms with Crippen LogP contribution in [-0.4, -0.2) is 22.4 Å². The molecular weight excluding hydrogens is 140 g/mol. The predicted molar refractivity (Wildman–Crippen MR) is 44.2 cm³/mol. The third-order valence-corrected chi connectivity index (χ3v) is 2.22. The molecular formula is C9H16O2. The van der Waals surface area contributed by atoms with E-state index >= 15 is 0 Å². The molecule has 0 aromatic rings. The third kappa shape index (κ3) is 2.64. The molecule has 0 saturated heterocycles. The smallest absolute Gasteiger partial charge is 0.0833 e. The lowest BCUT2D eigenvalue weighted by Gasteiger charge is -2.19. The highest BCUT2D eigenvalue weighted by molar-refractivity contribution is 5.00. The first-order valence-electron chi connectivity index (χ1n) is 4.22. The van der Waals surface area contributed by atoms with Gasteiger partial charge in [-0.1, -0.05) is 11.6 Å². The summed E-state index contributed by atoms with van der Waals surface area (Å²) in [5, 5.41) is 18.6. The molecule has 0 fully saturated rings. The molecule has 1 rings (SSSR count). The normalized spacial score (nSPS) is 38.6. The van der Waals surface area contributed by atoms with Crippen molar-refractivity contribution in [3.8, 4) is 0 Å². The second-order valence-electron chi connectivity index (χ2n) is 3.31. The van der Waals surface area contributed by atoms with Crippen LogP contribution in [0.3, 0.4) is 0 Å². The summed E-state index contributed by atoms with van der Waals surface area (Å²) in [4.78, 5) is 0. The first kappa shape index (κ1) is 8.75. The largest absolute Gasteiger partial charge is 0.390 e. The lowest BCUT2D eigenvalue weighted by molar-refractivity contribution is 0.0143. The fourth-order valence-corrected chi connectivity index (χ4v) is 1.36. The molecule has 11 heavy (non-hydrogen) atoms. The van der Waals surface area contributed by atoms with Crippen LogP contribution in [0.15, 0.2) is 11.6 Å². The molecule has 0 amide bonds. The number of rotatable bonds is 0. The van der Waals surface area contributed by atoms with Gasteiger partial charge in [0, 0.05) is 0 Å². The van der Waals surface area contributed by atoms with Gasteiger partial charge in [-0.3, -0.25) is 0 Å². The molecule has 0 aromatic heterocycles. The van der Waals surface area contributed by atoms with Gasteiger partial charge in [0.15, 0.2) is 0 Å². The van der Waals surface area contributed by atoms with Crippen LogP contribution in [0.2, 0.25) is 0 Å². The number of hydrogen-bond acceptors (Lipinski definition) is 2. The lowest BCUT2D eigenvalue weighted by atomic mass is 9.97. The highest BCUT2D eigenvalue weighted by Crippen LogP contribution is 2.17. The van der Waals surface area contributed by atoms with Crippen molar-refractivity contribution in [2.75, 3.05) is 0 Å². The molecule has 2 unspecified atom stereocenters. The zero-order valence-electron chi connectivity index (χ0n) is 6.95. The number of aliphatic hydroxyl groups excluding tert-OH is 2. The molecule has 0 aliphatic heterocycles. The Kier molecular flexibility index (Phi) is 3.09. The molecule has 64 valence electrons. The molecule has 1 aliphatic rings. The van der Waals surface area contributed by atoms with Gasteiger partial charge < -0.3 is 10.2 Å². The van der Waals surface area contributed by atoms with Gasteiger partial charge in [0.2, 0.25) is 0 Å². The average molecular weight is 156 g/mol. The topological polar surface area (TPSA) is 40.5 Å². The van der Waals surface area contributed by atoms with Crippen LogP contribution in [0.1, 0.15) is 32.6 Å². The molecule has 0 heterocycles.